The van der Waals surface area contributed by atoms with Crippen molar-refractivity contribution in [1.29, 1.82) is 0 Å². The van der Waals surface area contributed by atoms with Gasteiger partial charge in [-0.15, -0.1) is 6.42 Å². The second-order valence-electron chi connectivity index (χ2n) is 7.88. The largest absolute Gasteiger partial charge is 0.481 e. The van der Waals surface area contributed by atoms with Crippen LogP contribution in [0.3, 0.4) is 0 Å². The number of nitrogens with zero attached hydrogens (tertiary/aromatic N) is 1. The summed E-state index contributed by atoms with van der Waals surface area (Å²) in [6.07, 6.45) is 6.00. The van der Waals surface area contributed by atoms with Gasteiger partial charge < -0.3 is 14.8 Å². The van der Waals surface area contributed by atoms with Gasteiger partial charge in [0.25, 0.3) is 11.8 Å². The molecule has 7 nitrogen and oxygen atoms in total. The maximum Gasteiger partial charge on any atom is 0.262 e. The fourth-order valence-electron chi connectivity index (χ4n) is 3.19. The lowest BCUT2D eigenvalue weighted by Crippen LogP contribution is -2.50. The van der Waals surface area contributed by atoms with E-state index in [4.69, 9.17) is 39.1 Å². The number of hydrazone groups is 1. The van der Waals surface area contributed by atoms with Crippen LogP contribution in [0.5, 0.6) is 11.5 Å². The normalized spacial score (nSPS) is 12.3. The Hall–Kier alpha value is -3.99. The van der Waals surface area contributed by atoms with Gasteiger partial charge in [0.1, 0.15) is 24.1 Å². The minimum absolute atomic E-state index is 0.175. The highest BCUT2D eigenvalue weighted by Gasteiger charge is 2.25. The molecule has 2 amide bonds. The molecule has 0 radical (unpaired) electrons. The monoisotopic (exact) mass is 537 g/mol. The van der Waals surface area contributed by atoms with Gasteiger partial charge in [-0.2, -0.15) is 5.10 Å². The molecule has 0 aliphatic heterocycles. The molecule has 0 aliphatic carbocycles. The SMILES string of the molecule is C#CCOc1ccc(/C=N\NC(=O)[C@H](Cc2ccccc2)NC(=O)[C@@H](C)Oc2ccc(Cl)cc2Cl)cc1. The average Bonchev–Trinajstić information content (AvgIpc) is 2.89. The van der Waals surface area contributed by atoms with Crippen LogP contribution < -0.4 is 20.2 Å². The Bertz CT molecular complexity index is 1270. The van der Waals surface area contributed by atoms with Crippen LogP contribution in [-0.2, 0) is 16.0 Å². The van der Waals surface area contributed by atoms with Gasteiger partial charge in [-0.3, -0.25) is 9.59 Å². The number of ether oxygens (including phenoxy) is 2. The fourth-order valence-corrected chi connectivity index (χ4v) is 3.64. The Morgan fingerprint density at radius 1 is 1.05 bits per heavy atom. The van der Waals surface area contributed by atoms with Gasteiger partial charge >= 0.3 is 0 Å². The second kappa shape index (κ2) is 13.9. The van der Waals surface area contributed by atoms with E-state index in [1.807, 2.05) is 30.3 Å². The molecular weight excluding hydrogens is 513 g/mol. The molecule has 0 saturated carbocycles. The molecule has 0 aliphatic rings. The summed E-state index contributed by atoms with van der Waals surface area (Å²) in [4.78, 5) is 25.8. The zero-order valence-corrected chi connectivity index (χ0v) is 21.5. The molecule has 0 saturated heterocycles. The Morgan fingerprint density at radius 2 is 1.78 bits per heavy atom. The first-order chi connectivity index (χ1) is 17.9. The highest BCUT2D eigenvalue weighted by atomic mass is 35.5. The van der Waals surface area contributed by atoms with Gasteiger partial charge in [-0.1, -0.05) is 59.5 Å². The first kappa shape index (κ1) is 27.6. The quantitative estimate of drug-likeness (QED) is 0.211. The molecule has 37 heavy (non-hydrogen) atoms. The van der Waals surface area contributed by atoms with Crippen LogP contribution in [0, 0.1) is 12.3 Å². The third-order valence-corrected chi connectivity index (χ3v) is 5.60. The molecule has 2 N–H and O–H groups in total. The lowest BCUT2D eigenvalue weighted by atomic mass is 10.1. The number of carbonyl (C=O) groups excluding carboxylic acids is 2. The number of nitrogens with one attached hydrogen (secondary N) is 2. The summed E-state index contributed by atoms with van der Waals surface area (Å²) in [6, 6.07) is 20.1. The summed E-state index contributed by atoms with van der Waals surface area (Å²) in [7, 11) is 0. The Balaban J connectivity index is 1.65. The smallest absolute Gasteiger partial charge is 0.262 e. The van der Waals surface area contributed by atoms with Crippen molar-refractivity contribution in [2.75, 3.05) is 6.61 Å². The van der Waals surface area contributed by atoms with Crippen LogP contribution in [0.25, 0.3) is 0 Å². The van der Waals surface area contributed by atoms with Crippen molar-refractivity contribution < 1.29 is 19.1 Å². The zero-order chi connectivity index (χ0) is 26.6. The van der Waals surface area contributed by atoms with Crippen LogP contribution in [-0.4, -0.2) is 36.8 Å². The number of hydrogen-bond donors (Lipinski definition) is 2. The number of amides is 2. The van der Waals surface area contributed by atoms with Crippen LogP contribution in [0.2, 0.25) is 10.0 Å². The molecule has 0 fully saturated rings. The minimum Gasteiger partial charge on any atom is -0.481 e. The lowest BCUT2D eigenvalue weighted by Gasteiger charge is -2.21. The van der Waals surface area contributed by atoms with E-state index in [2.05, 4.69) is 21.8 Å². The maximum atomic E-state index is 13.0. The Morgan fingerprint density at radius 3 is 2.46 bits per heavy atom. The van der Waals surface area contributed by atoms with Crippen molar-refractivity contribution in [2.45, 2.75) is 25.5 Å². The summed E-state index contributed by atoms with van der Waals surface area (Å²) in [5.74, 6) is 2.35. The van der Waals surface area contributed by atoms with Crippen molar-refractivity contribution in [3.05, 3.63) is 94.0 Å². The number of terminal acetylenes is 1. The predicted molar refractivity (Wildman–Crippen MR) is 145 cm³/mol. The highest BCUT2D eigenvalue weighted by Crippen LogP contribution is 2.28. The van der Waals surface area contributed by atoms with Crippen molar-refractivity contribution >= 4 is 41.2 Å². The van der Waals surface area contributed by atoms with E-state index < -0.39 is 24.0 Å². The van der Waals surface area contributed by atoms with Gasteiger partial charge in [0.05, 0.1) is 11.2 Å². The van der Waals surface area contributed by atoms with E-state index in [1.165, 1.54) is 12.3 Å². The second-order valence-corrected chi connectivity index (χ2v) is 8.73. The van der Waals surface area contributed by atoms with Crippen molar-refractivity contribution in [3.8, 4) is 23.8 Å². The van der Waals surface area contributed by atoms with Crippen LogP contribution >= 0.6 is 23.2 Å². The topological polar surface area (TPSA) is 89.0 Å². The summed E-state index contributed by atoms with van der Waals surface area (Å²) >= 11 is 12.1. The molecule has 0 heterocycles. The average molecular weight is 538 g/mol. The van der Waals surface area contributed by atoms with Gasteiger partial charge in [0.2, 0.25) is 0 Å². The van der Waals surface area contributed by atoms with Gasteiger partial charge in [-0.25, -0.2) is 5.43 Å². The third kappa shape index (κ3) is 8.87. The summed E-state index contributed by atoms with van der Waals surface area (Å²) in [6.45, 7) is 1.74. The Labute approximate surface area is 225 Å². The lowest BCUT2D eigenvalue weighted by molar-refractivity contribution is -0.132. The molecule has 3 aromatic rings. The van der Waals surface area contributed by atoms with E-state index in [9.17, 15) is 9.59 Å². The summed E-state index contributed by atoms with van der Waals surface area (Å²) < 4.78 is 11.0. The van der Waals surface area contributed by atoms with Crippen molar-refractivity contribution in [2.24, 2.45) is 5.10 Å². The molecule has 0 spiro atoms. The molecular formula is C28H25Cl2N3O4. The minimum atomic E-state index is -0.927. The summed E-state index contributed by atoms with van der Waals surface area (Å²) in [5, 5.41) is 7.49. The molecule has 0 bridgehead atoms. The van der Waals surface area contributed by atoms with Crippen LogP contribution in [0.4, 0.5) is 0 Å². The van der Waals surface area contributed by atoms with Crippen LogP contribution in [0.1, 0.15) is 18.1 Å². The molecule has 3 rings (SSSR count). The number of rotatable bonds is 11. The van der Waals surface area contributed by atoms with Crippen molar-refractivity contribution in [1.82, 2.24) is 10.7 Å². The molecule has 9 heteroatoms. The molecule has 0 aromatic heterocycles. The third-order valence-electron chi connectivity index (χ3n) is 5.07. The highest BCUT2D eigenvalue weighted by molar-refractivity contribution is 6.35. The van der Waals surface area contributed by atoms with Crippen molar-refractivity contribution in [3.63, 3.8) is 0 Å². The maximum absolute atomic E-state index is 13.0. The summed E-state index contributed by atoms with van der Waals surface area (Å²) in [5.41, 5.74) is 4.09. The fraction of sp³-hybridized carbons (Fsp3) is 0.179. The zero-order valence-electron chi connectivity index (χ0n) is 20.0. The van der Waals surface area contributed by atoms with Gasteiger partial charge in [0, 0.05) is 11.4 Å². The molecule has 2 atom stereocenters. The first-order valence-electron chi connectivity index (χ1n) is 11.3. The number of benzene rings is 3. The van der Waals surface area contributed by atoms with Gasteiger partial charge in [0.15, 0.2) is 6.10 Å². The number of carbonyl (C=O) groups is 2. The molecule has 190 valence electrons. The van der Waals surface area contributed by atoms with E-state index in [0.29, 0.717) is 16.5 Å². The molecule has 0 unspecified atom stereocenters. The number of hydrogen-bond acceptors (Lipinski definition) is 5. The standard InChI is InChI=1S/C28H25Cl2N3O4/c1-3-15-36-23-12-9-21(10-13-23)18-31-33-28(35)25(16-20-7-5-4-6-8-20)32-27(34)19(2)37-26-14-11-22(29)17-24(26)30/h1,4-14,17-19,25H,15-16H2,2H3,(H,32,34)(H,33,35)/b31-18-/t19-,25+/m1/s1. The first-order valence-corrected chi connectivity index (χ1v) is 12.1. The number of halogens is 2. The van der Waals surface area contributed by atoms with E-state index in [1.54, 1.807) is 43.3 Å². The predicted octanol–water partition coefficient (Wildman–Crippen LogP) is 4.65. The van der Waals surface area contributed by atoms with Gasteiger partial charge in [-0.05, 0) is 60.5 Å². The van der Waals surface area contributed by atoms with Crippen LogP contribution in [0.15, 0.2) is 77.9 Å². The van der Waals surface area contributed by atoms with E-state index in [0.717, 1.165) is 11.1 Å². The Kier molecular flexibility index (Phi) is 10.4. The molecule has 3 aromatic carbocycles. The van der Waals surface area contributed by atoms with E-state index in [-0.39, 0.29) is 18.1 Å². The van der Waals surface area contributed by atoms with E-state index >= 15 is 0 Å².